The van der Waals surface area contributed by atoms with Gasteiger partial charge in [0.05, 0.1) is 11.1 Å². The highest BCUT2D eigenvalue weighted by molar-refractivity contribution is 5.54. The number of rotatable bonds is 16. The van der Waals surface area contributed by atoms with Gasteiger partial charge in [0.1, 0.15) is 12.1 Å². The van der Waals surface area contributed by atoms with Gasteiger partial charge in [0.15, 0.2) is 0 Å². The van der Waals surface area contributed by atoms with Crippen molar-refractivity contribution in [3.63, 3.8) is 0 Å². The van der Waals surface area contributed by atoms with Crippen LogP contribution in [0.4, 0.5) is 0 Å². The average molecular weight is 517 g/mol. The lowest BCUT2D eigenvalue weighted by atomic mass is 9.77. The quantitative estimate of drug-likeness (QED) is 0.205. The van der Waals surface area contributed by atoms with Gasteiger partial charge in [0, 0.05) is 0 Å². The standard InChI is InChI=1S/C36H56N2/c1-3-5-7-9-11-29-13-17-31(18-14-29)21-23-33-25-26-34(36(28-38)35(33)27-37)24-22-32-19-15-30(16-20-32)12-10-8-6-4-2/h25-26,29-32H,3-24H2,1-2H3/t29-,30-,31-,32-. The third-order valence-electron chi connectivity index (χ3n) is 10.1. The second-order valence-corrected chi connectivity index (χ2v) is 12.9. The van der Waals surface area contributed by atoms with Crippen molar-refractivity contribution in [1.29, 1.82) is 10.5 Å². The Labute approximate surface area is 235 Å². The molecule has 0 aromatic heterocycles. The molecule has 2 aliphatic carbocycles. The fourth-order valence-electron chi connectivity index (χ4n) is 7.42. The van der Waals surface area contributed by atoms with Crippen molar-refractivity contribution in [3.8, 4) is 12.1 Å². The van der Waals surface area contributed by atoms with Gasteiger partial charge < -0.3 is 0 Å². The summed E-state index contributed by atoms with van der Waals surface area (Å²) >= 11 is 0. The summed E-state index contributed by atoms with van der Waals surface area (Å²) in [4.78, 5) is 0. The Hall–Kier alpha value is -1.80. The molecule has 0 heterocycles. The minimum absolute atomic E-state index is 0.672. The van der Waals surface area contributed by atoms with E-state index in [0.717, 1.165) is 47.6 Å². The molecule has 0 saturated heterocycles. The summed E-state index contributed by atoms with van der Waals surface area (Å²) in [6.07, 6.45) is 29.2. The van der Waals surface area contributed by atoms with E-state index in [0.29, 0.717) is 11.1 Å². The Kier molecular flexibility index (Phi) is 14.3. The van der Waals surface area contributed by atoms with Crippen molar-refractivity contribution in [2.75, 3.05) is 0 Å². The predicted molar refractivity (Wildman–Crippen MR) is 161 cm³/mol. The fraction of sp³-hybridized carbons (Fsp3) is 0.778. The average Bonchev–Trinajstić information content (AvgIpc) is 2.96. The summed E-state index contributed by atoms with van der Waals surface area (Å²) in [5, 5.41) is 20.0. The van der Waals surface area contributed by atoms with Gasteiger partial charge in [0.2, 0.25) is 0 Å². The van der Waals surface area contributed by atoms with E-state index in [-0.39, 0.29) is 0 Å². The molecule has 0 atom stereocenters. The van der Waals surface area contributed by atoms with Crippen LogP contribution in [0.5, 0.6) is 0 Å². The first kappa shape index (κ1) is 30.7. The molecule has 1 aromatic carbocycles. The van der Waals surface area contributed by atoms with Crippen LogP contribution in [-0.4, -0.2) is 0 Å². The van der Waals surface area contributed by atoms with Gasteiger partial charge in [-0.05, 0) is 60.5 Å². The van der Waals surface area contributed by atoms with Crippen LogP contribution < -0.4 is 0 Å². The van der Waals surface area contributed by atoms with Crippen LogP contribution in [0.1, 0.15) is 165 Å². The molecule has 0 N–H and O–H groups in total. The lowest BCUT2D eigenvalue weighted by molar-refractivity contribution is 0.248. The smallest absolute Gasteiger partial charge is 0.101 e. The molecule has 2 fully saturated rings. The van der Waals surface area contributed by atoms with E-state index in [1.807, 2.05) is 0 Å². The first-order valence-corrected chi connectivity index (χ1v) is 16.6. The van der Waals surface area contributed by atoms with Crippen molar-refractivity contribution in [3.05, 3.63) is 34.4 Å². The summed E-state index contributed by atoms with van der Waals surface area (Å²) in [6, 6.07) is 9.23. The first-order chi connectivity index (χ1) is 18.7. The predicted octanol–water partition coefficient (Wildman–Crippen LogP) is 10.8. The molecule has 38 heavy (non-hydrogen) atoms. The second-order valence-electron chi connectivity index (χ2n) is 12.9. The number of unbranched alkanes of at least 4 members (excludes halogenated alkanes) is 6. The van der Waals surface area contributed by atoms with E-state index < -0.39 is 0 Å². The van der Waals surface area contributed by atoms with Crippen molar-refractivity contribution >= 4 is 0 Å². The molecule has 0 radical (unpaired) electrons. The van der Waals surface area contributed by atoms with E-state index in [4.69, 9.17) is 0 Å². The molecule has 0 bridgehead atoms. The van der Waals surface area contributed by atoms with Gasteiger partial charge in [0.25, 0.3) is 0 Å². The maximum Gasteiger partial charge on any atom is 0.101 e. The third-order valence-corrected chi connectivity index (χ3v) is 10.1. The van der Waals surface area contributed by atoms with Gasteiger partial charge in [-0.25, -0.2) is 0 Å². The van der Waals surface area contributed by atoms with E-state index in [1.54, 1.807) is 0 Å². The molecule has 2 heteroatoms. The zero-order valence-electron chi connectivity index (χ0n) is 24.9. The maximum atomic E-state index is 10.00. The van der Waals surface area contributed by atoms with Crippen molar-refractivity contribution < 1.29 is 0 Å². The molecule has 1 aromatic rings. The highest BCUT2D eigenvalue weighted by Gasteiger charge is 2.23. The van der Waals surface area contributed by atoms with Crippen LogP contribution in [0.3, 0.4) is 0 Å². The van der Waals surface area contributed by atoms with E-state index in [2.05, 4.69) is 38.1 Å². The van der Waals surface area contributed by atoms with Gasteiger partial charge in [-0.1, -0.05) is 142 Å². The van der Waals surface area contributed by atoms with E-state index in [9.17, 15) is 10.5 Å². The first-order valence-electron chi connectivity index (χ1n) is 16.6. The minimum atomic E-state index is 0.672. The molecule has 2 saturated carbocycles. The molecule has 3 rings (SSSR count). The zero-order chi connectivity index (χ0) is 27.0. The van der Waals surface area contributed by atoms with Crippen molar-refractivity contribution in [1.82, 2.24) is 0 Å². The zero-order valence-corrected chi connectivity index (χ0v) is 24.9. The number of hydrogen-bond donors (Lipinski definition) is 0. The van der Waals surface area contributed by atoms with Gasteiger partial charge in [-0.15, -0.1) is 0 Å². The maximum absolute atomic E-state index is 10.00. The van der Waals surface area contributed by atoms with Gasteiger partial charge >= 0.3 is 0 Å². The van der Waals surface area contributed by atoms with Crippen LogP contribution in [0.25, 0.3) is 0 Å². The number of nitriles is 2. The Morgan fingerprint density at radius 3 is 1.18 bits per heavy atom. The lowest BCUT2D eigenvalue weighted by Crippen LogP contribution is -2.16. The number of hydrogen-bond acceptors (Lipinski definition) is 2. The summed E-state index contributed by atoms with van der Waals surface area (Å²) < 4.78 is 0. The number of aryl methyl sites for hydroxylation is 2. The van der Waals surface area contributed by atoms with Gasteiger partial charge in [-0.2, -0.15) is 10.5 Å². The fourth-order valence-corrected chi connectivity index (χ4v) is 7.42. The normalized spacial score (nSPS) is 23.6. The van der Waals surface area contributed by atoms with Crippen LogP contribution in [0.2, 0.25) is 0 Å². The molecule has 0 unspecified atom stereocenters. The molecule has 2 aliphatic rings. The summed E-state index contributed by atoms with van der Waals surface area (Å²) in [5.74, 6) is 3.48. The Morgan fingerprint density at radius 2 is 0.868 bits per heavy atom. The Bertz CT molecular complexity index is 799. The Balaban J connectivity index is 1.43. The molecule has 0 amide bonds. The number of benzene rings is 1. The molecular weight excluding hydrogens is 460 g/mol. The highest BCUT2D eigenvalue weighted by Crippen LogP contribution is 2.36. The molecular formula is C36H56N2. The molecule has 210 valence electrons. The molecule has 0 spiro atoms. The molecule has 0 aliphatic heterocycles. The van der Waals surface area contributed by atoms with E-state index in [1.165, 1.54) is 128 Å². The van der Waals surface area contributed by atoms with E-state index >= 15 is 0 Å². The van der Waals surface area contributed by atoms with Crippen LogP contribution in [0, 0.1) is 46.3 Å². The topological polar surface area (TPSA) is 47.6 Å². The summed E-state index contributed by atoms with van der Waals surface area (Å²) in [7, 11) is 0. The van der Waals surface area contributed by atoms with Crippen LogP contribution in [-0.2, 0) is 12.8 Å². The monoisotopic (exact) mass is 516 g/mol. The highest BCUT2D eigenvalue weighted by atomic mass is 14.3. The molecule has 2 nitrogen and oxygen atoms in total. The summed E-state index contributed by atoms with van der Waals surface area (Å²) in [5.41, 5.74) is 3.56. The SMILES string of the molecule is CCCCCC[C@H]1CC[C@H](CCc2ccc(CC[C@H]3CC[C@H](CCCCCC)CC3)c(C#N)c2C#N)CC1. The van der Waals surface area contributed by atoms with Crippen molar-refractivity contribution in [2.24, 2.45) is 23.7 Å². The van der Waals surface area contributed by atoms with Crippen LogP contribution >= 0.6 is 0 Å². The summed E-state index contributed by atoms with van der Waals surface area (Å²) in [6.45, 7) is 4.58. The second kappa shape index (κ2) is 17.7. The van der Waals surface area contributed by atoms with Crippen LogP contribution in [0.15, 0.2) is 12.1 Å². The number of nitrogens with zero attached hydrogens (tertiary/aromatic N) is 2. The lowest BCUT2D eigenvalue weighted by Gasteiger charge is -2.29. The van der Waals surface area contributed by atoms with Crippen molar-refractivity contribution in [2.45, 2.75) is 155 Å². The minimum Gasteiger partial charge on any atom is -0.192 e. The Morgan fingerprint density at radius 1 is 0.526 bits per heavy atom. The van der Waals surface area contributed by atoms with Gasteiger partial charge in [-0.3, -0.25) is 0 Å². The largest absolute Gasteiger partial charge is 0.192 e. The third kappa shape index (κ3) is 10.1.